The van der Waals surface area contributed by atoms with E-state index in [0.717, 1.165) is 33.4 Å². The number of carbonyl (C=O) groups is 1. The van der Waals surface area contributed by atoms with Crippen LogP contribution in [0, 0.1) is 18.3 Å². The Hall–Kier alpha value is -4.64. The van der Waals surface area contributed by atoms with Crippen molar-refractivity contribution in [1.29, 1.82) is 5.26 Å². The number of hydrogen-bond donors (Lipinski definition) is 3. The van der Waals surface area contributed by atoms with Crippen LogP contribution in [0.4, 0.5) is 0 Å². The number of aliphatic hydroxyl groups excluding tert-OH is 1. The summed E-state index contributed by atoms with van der Waals surface area (Å²) in [5.41, 5.74) is 6.71. The van der Waals surface area contributed by atoms with Crippen molar-refractivity contribution in [1.82, 2.24) is 5.32 Å². The molecule has 204 valence electrons. The Morgan fingerprint density at radius 2 is 1.73 bits per heavy atom. The summed E-state index contributed by atoms with van der Waals surface area (Å²) in [7, 11) is 0. The van der Waals surface area contributed by atoms with Crippen LogP contribution in [0.3, 0.4) is 0 Å². The molecule has 0 amide bonds. The van der Waals surface area contributed by atoms with Gasteiger partial charge in [0.2, 0.25) is 0 Å². The zero-order valence-electron chi connectivity index (χ0n) is 22.3. The molecule has 0 radical (unpaired) electrons. The van der Waals surface area contributed by atoms with E-state index in [1.54, 1.807) is 12.1 Å². The third-order valence-electron chi connectivity index (χ3n) is 6.64. The quantitative estimate of drug-likeness (QED) is 0.203. The fourth-order valence-electron chi connectivity index (χ4n) is 4.39. The lowest BCUT2D eigenvalue weighted by atomic mass is 9.97. The predicted molar refractivity (Wildman–Crippen MR) is 153 cm³/mol. The molecule has 0 unspecified atom stereocenters. The standard InChI is InChI=1S/C33H32N2O5/c1-23-28(11-6-12-31(23)26-9-3-2-4-10-26)22-39-30-14-13-27(19-35-29(20-36)16-33(37)38)32(17-30)40-21-25-8-5-7-24(15-25)18-34/h2-15,17,29,35-36H,16,19-22H2,1H3,(H,37,38)/t29-/m0/s1. The maximum atomic E-state index is 11.1. The molecule has 4 aromatic carbocycles. The third-order valence-corrected chi connectivity index (χ3v) is 6.64. The van der Waals surface area contributed by atoms with Crippen molar-refractivity contribution >= 4 is 5.97 Å². The van der Waals surface area contributed by atoms with E-state index < -0.39 is 12.0 Å². The van der Waals surface area contributed by atoms with Gasteiger partial charge in [-0.3, -0.25) is 4.79 Å². The molecule has 0 spiro atoms. The van der Waals surface area contributed by atoms with Gasteiger partial charge in [-0.2, -0.15) is 5.26 Å². The van der Waals surface area contributed by atoms with Gasteiger partial charge in [-0.15, -0.1) is 0 Å². The number of nitrogens with zero attached hydrogens (tertiary/aromatic N) is 1. The van der Waals surface area contributed by atoms with Gasteiger partial charge in [0.1, 0.15) is 24.7 Å². The molecule has 0 aromatic heterocycles. The molecule has 0 aliphatic rings. The van der Waals surface area contributed by atoms with Gasteiger partial charge < -0.3 is 25.0 Å². The molecule has 0 bridgehead atoms. The number of nitriles is 1. The maximum Gasteiger partial charge on any atom is 0.305 e. The monoisotopic (exact) mass is 536 g/mol. The Kier molecular flexibility index (Phi) is 9.89. The number of ether oxygens (including phenoxy) is 2. The van der Waals surface area contributed by atoms with Crippen molar-refractivity contribution in [2.24, 2.45) is 0 Å². The van der Waals surface area contributed by atoms with E-state index in [1.807, 2.05) is 54.6 Å². The van der Waals surface area contributed by atoms with E-state index in [2.05, 4.69) is 42.6 Å². The smallest absolute Gasteiger partial charge is 0.305 e. The lowest BCUT2D eigenvalue weighted by Gasteiger charge is -2.18. The Bertz CT molecular complexity index is 1480. The number of aliphatic carboxylic acids is 1. The van der Waals surface area contributed by atoms with Crippen LogP contribution in [0.1, 0.15) is 34.2 Å². The highest BCUT2D eigenvalue weighted by Crippen LogP contribution is 2.29. The Balaban J connectivity index is 1.52. The molecule has 4 aromatic rings. The number of hydrogen-bond acceptors (Lipinski definition) is 6. The lowest BCUT2D eigenvalue weighted by molar-refractivity contribution is -0.137. The molecule has 1 atom stereocenters. The number of aliphatic hydroxyl groups is 1. The minimum Gasteiger partial charge on any atom is -0.489 e. The first-order chi connectivity index (χ1) is 19.5. The molecule has 40 heavy (non-hydrogen) atoms. The molecule has 3 N–H and O–H groups in total. The van der Waals surface area contributed by atoms with E-state index in [4.69, 9.17) is 14.6 Å². The Morgan fingerprint density at radius 3 is 2.48 bits per heavy atom. The molecule has 0 aliphatic carbocycles. The summed E-state index contributed by atoms with van der Waals surface area (Å²) < 4.78 is 12.3. The average Bonchev–Trinajstić information content (AvgIpc) is 2.98. The average molecular weight is 537 g/mol. The minimum absolute atomic E-state index is 0.198. The molecule has 0 aliphatic heterocycles. The van der Waals surface area contributed by atoms with Gasteiger partial charge in [-0.1, -0.05) is 66.7 Å². The zero-order chi connectivity index (χ0) is 28.3. The normalized spacial score (nSPS) is 11.4. The summed E-state index contributed by atoms with van der Waals surface area (Å²) >= 11 is 0. The van der Waals surface area contributed by atoms with Gasteiger partial charge in [0.25, 0.3) is 0 Å². The number of carboxylic acid groups (broad SMARTS) is 1. The van der Waals surface area contributed by atoms with Gasteiger partial charge in [0.05, 0.1) is 24.7 Å². The second kappa shape index (κ2) is 13.9. The molecule has 0 heterocycles. The Morgan fingerprint density at radius 1 is 0.925 bits per heavy atom. The second-order valence-corrected chi connectivity index (χ2v) is 9.47. The molecular weight excluding hydrogens is 504 g/mol. The minimum atomic E-state index is -0.990. The van der Waals surface area contributed by atoms with Crippen LogP contribution in [0.2, 0.25) is 0 Å². The van der Waals surface area contributed by atoms with Crippen LogP contribution in [0.5, 0.6) is 11.5 Å². The fourth-order valence-corrected chi connectivity index (χ4v) is 4.39. The highest BCUT2D eigenvalue weighted by molar-refractivity contribution is 5.68. The van der Waals surface area contributed by atoms with E-state index in [-0.39, 0.29) is 19.6 Å². The summed E-state index contributed by atoms with van der Waals surface area (Å²) in [6.07, 6.45) is -0.198. The van der Waals surface area contributed by atoms with Gasteiger partial charge in [-0.25, -0.2) is 0 Å². The van der Waals surface area contributed by atoms with Crippen LogP contribution >= 0.6 is 0 Å². The van der Waals surface area contributed by atoms with Crippen molar-refractivity contribution < 1.29 is 24.5 Å². The molecule has 7 nitrogen and oxygen atoms in total. The van der Waals surface area contributed by atoms with Crippen molar-refractivity contribution in [3.8, 4) is 28.7 Å². The molecule has 4 rings (SSSR count). The number of rotatable bonds is 13. The number of carboxylic acids is 1. The topological polar surface area (TPSA) is 112 Å². The van der Waals surface area contributed by atoms with Crippen LogP contribution in [-0.2, 0) is 24.6 Å². The Labute approximate surface area is 234 Å². The summed E-state index contributed by atoms with van der Waals surface area (Å²) in [5.74, 6) is 0.197. The van der Waals surface area contributed by atoms with Gasteiger partial charge in [-0.05, 0) is 52.9 Å². The first-order valence-corrected chi connectivity index (χ1v) is 13.0. The van der Waals surface area contributed by atoms with Crippen molar-refractivity contribution in [2.45, 2.75) is 39.1 Å². The van der Waals surface area contributed by atoms with Gasteiger partial charge in [0.15, 0.2) is 0 Å². The first kappa shape index (κ1) is 28.4. The molecule has 7 heteroatoms. The summed E-state index contributed by atoms with van der Waals surface area (Å²) in [4.78, 5) is 11.1. The third kappa shape index (κ3) is 7.70. The first-order valence-electron chi connectivity index (χ1n) is 13.0. The predicted octanol–water partition coefficient (Wildman–Crippen LogP) is 5.62. The summed E-state index contributed by atoms with van der Waals surface area (Å²) in [6, 6.07) is 30.7. The van der Waals surface area contributed by atoms with E-state index in [0.29, 0.717) is 30.2 Å². The lowest BCUT2D eigenvalue weighted by Crippen LogP contribution is -2.34. The number of benzene rings is 4. The van der Waals surface area contributed by atoms with Crippen LogP contribution < -0.4 is 14.8 Å². The molecular formula is C33H32N2O5. The number of nitrogens with one attached hydrogen (secondary N) is 1. The van der Waals surface area contributed by atoms with Gasteiger partial charge >= 0.3 is 5.97 Å². The maximum absolute atomic E-state index is 11.1. The van der Waals surface area contributed by atoms with Crippen molar-refractivity contribution in [2.75, 3.05) is 6.61 Å². The zero-order valence-corrected chi connectivity index (χ0v) is 22.3. The van der Waals surface area contributed by atoms with E-state index in [9.17, 15) is 15.2 Å². The van der Waals surface area contributed by atoms with Gasteiger partial charge in [0, 0.05) is 24.2 Å². The fraction of sp³-hybridized carbons (Fsp3) is 0.212. The van der Waals surface area contributed by atoms with Crippen LogP contribution in [0.25, 0.3) is 11.1 Å². The highest BCUT2D eigenvalue weighted by Gasteiger charge is 2.14. The largest absolute Gasteiger partial charge is 0.489 e. The van der Waals surface area contributed by atoms with Crippen LogP contribution in [0.15, 0.2) is 91.0 Å². The van der Waals surface area contributed by atoms with Crippen molar-refractivity contribution in [3.63, 3.8) is 0 Å². The summed E-state index contributed by atoms with van der Waals surface area (Å²) in [5, 5.41) is 31.0. The van der Waals surface area contributed by atoms with Crippen molar-refractivity contribution in [3.05, 3.63) is 119 Å². The van der Waals surface area contributed by atoms with E-state index in [1.165, 1.54) is 0 Å². The molecule has 0 saturated carbocycles. The highest BCUT2D eigenvalue weighted by atomic mass is 16.5. The van der Waals surface area contributed by atoms with Crippen LogP contribution in [-0.4, -0.2) is 28.8 Å². The SMILES string of the molecule is Cc1c(COc2ccc(CN[C@H](CO)CC(=O)O)c(OCc3cccc(C#N)c3)c2)cccc1-c1ccccc1. The molecule has 0 fully saturated rings. The summed E-state index contributed by atoms with van der Waals surface area (Å²) in [6.45, 7) is 2.70. The molecule has 0 saturated heterocycles. The van der Waals surface area contributed by atoms with E-state index >= 15 is 0 Å². The second-order valence-electron chi connectivity index (χ2n) is 9.47.